The molecule has 0 rings (SSSR count). The van der Waals surface area contributed by atoms with Crippen molar-refractivity contribution in [2.75, 3.05) is 19.8 Å². The molecule has 0 aliphatic rings. The van der Waals surface area contributed by atoms with Crippen molar-refractivity contribution in [3.05, 3.63) is 24.3 Å². The first kappa shape index (κ1) is 29.0. The van der Waals surface area contributed by atoms with E-state index in [1.54, 1.807) is 6.92 Å². The predicted molar refractivity (Wildman–Crippen MR) is 116 cm³/mol. The highest BCUT2D eigenvalue weighted by Crippen LogP contribution is 2.11. The van der Waals surface area contributed by atoms with Crippen molar-refractivity contribution in [2.45, 2.75) is 90.9 Å². The van der Waals surface area contributed by atoms with E-state index in [0.29, 0.717) is 6.42 Å². The fraction of sp³-hybridized carbons (Fsp3) is 0.783. The van der Waals surface area contributed by atoms with Crippen LogP contribution in [0.4, 0.5) is 0 Å². The third-order valence-corrected chi connectivity index (χ3v) is 4.49. The van der Waals surface area contributed by atoms with Gasteiger partial charge in [0.05, 0.1) is 19.8 Å². The molecule has 0 aliphatic carbocycles. The fourth-order valence-electron chi connectivity index (χ4n) is 2.24. The van der Waals surface area contributed by atoms with Crippen molar-refractivity contribution in [1.82, 2.24) is 0 Å². The lowest BCUT2D eigenvalue weighted by Gasteiger charge is -2.20. The molecule has 28 heavy (non-hydrogen) atoms. The second kappa shape index (κ2) is 22.1. The molecule has 0 aromatic carbocycles. The van der Waals surface area contributed by atoms with E-state index in [1.165, 1.54) is 44.9 Å². The first-order valence-corrected chi connectivity index (χ1v) is 10.8. The lowest BCUT2D eigenvalue weighted by molar-refractivity contribution is -0.137. The number of unbranched alkanes of at least 4 members (excludes halogenated alkanes) is 8. The zero-order chi connectivity index (χ0) is 21.5. The van der Waals surface area contributed by atoms with Gasteiger partial charge in [-0.25, -0.2) is 0 Å². The quantitative estimate of drug-likeness (QED) is 0.207. The Hall–Kier alpha value is -1.17. The molecule has 0 aromatic heterocycles. The van der Waals surface area contributed by atoms with Crippen molar-refractivity contribution >= 4 is 5.97 Å². The van der Waals surface area contributed by atoms with Gasteiger partial charge in [-0.05, 0) is 38.5 Å². The molecular weight excluding hydrogens is 356 g/mol. The highest BCUT2D eigenvalue weighted by molar-refractivity contribution is 5.66. The summed E-state index contributed by atoms with van der Waals surface area (Å²) >= 11 is 0. The molecule has 0 atom stereocenters. The summed E-state index contributed by atoms with van der Waals surface area (Å²) in [5, 5.41) is 33.9. The normalized spacial score (nSPS) is 11.8. The van der Waals surface area contributed by atoms with Gasteiger partial charge in [0.25, 0.3) is 0 Å². The molecule has 0 aromatic rings. The third-order valence-electron chi connectivity index (χ3n) is 4.49. The topological polar surface area (TPSA) is 98.0 Å². The summed E-state index contributed by atoms with van der Waals surface area (Å²) in [6.07, 6.45) is 22.3. The van der Waals surface area contributed by atoms with Crippen molar-refractivity contribution in [1.29, 1.82) is 0 Å². The van der Waals surface area contributed by atoms with E-state index in [0.717, 1.165) is 25.7 Å². The van der Waals surface area contributed by atoms with Crippen LogP contribution in [-0.4, -0.2) is 46.2 Å². The lowest BCUT2D eigenvalue weighted by atomic mass is 9.95. The van der Waals surface area contributed by atoms with Crippen molar-refractivity contribution in [2.24, 2.45) is 5.41 Å². The van der Waals surface area contributed by atoms with E-state index in [-0.39, 0.29) is 19.8 Å². The first-order chi connectivity index (χ1) is 13.5. The molecule has 5 nitrogen and oxygen atoms in total. The average molecular weight is 401 g/mol. The van der Waals surface area contributed by atoms with Gasteiger partial charge in [0.2, 0.25) is 0 Å². The van der Waals surface area contributed by atoms with E-state index >= 15 is 0 Å². The van der Waals surface area contributed by atoms with Crippen molar-refractivity contribution < 1.29 is 25.2 Å². The third kappa shape index (κ3) is 22.9. The highest BCUT2D eigenvalue weighted by Gasteiger charge is 2.20. The van der Waals surface area contributed by atoms with Gasteiger partial charge < -0.3 is 20.4 Å². The summed E-state index contributed by atoms with van der Waals surface area (Å²) in [7, 11) is 0. The van der Waals surface area contributed by atoms with E-state index in [1.807, 2.05) is 0 Å². The van der Waals surface area contributed by atoms with Crippen LogP contribution in [0.5, 0.6) is 0 Å². The summed E-state index contributed by atoms with van der Waals surface area (Å²) in [4.78, 5) is 10.3. The van der Waals surface area contributed by atoms with Crippen LogP contribution < -0.4 is 0 Å². The zero-order valence-electron chi connectivity index (χ0n) is 18.1. The molecule has 5 heteroatoms. The molecule has 0 fully saturated rings. The Balaban J connectivity index is 0. The smallest absolute Gasteiger partial charge is 0.303 e. The minimum atomic E-state index is -0.708. The monoisotopic (exact) mass is 400 g/mol. The Morgan fingerprint density at radius 2 is 1.21 bits per heavy atom. The maximum atomic E-state index is 10.3. The first-order valence-electron chi connectivity index (χ1n) is 10.8. The van der Waals surface area contributed by atoms with Crippen LogP contribution in [0.1, 0.15) is 90.9 Å². The lowest BCUT2D eigenvalue weighted by Crippen LogP contribution is -2.29. The predicted octanol–water partition coefficient (Wildman–Crippen LogP) is 4.85. The molecule has 0 saturated heterocycles. The number of allylic oxidation sites excluding steroid dienone is 4. The minimum Gasteiger partial charge on any atom is -0.481 e. The standard InChI is InChI=1S/C18H32O2.C5H12O3/c1-2-3-4-5-6-7-8-9-10-11-12-13-14-15-16-17-18(19)20;1-5(2-6,3-7)4-8/h6-7,9-10H,2-5,8,11-17H2,1H3,(H,19,20);6-8H,2-4H2,1H3. The molecule has 0 unspecified atom stereocenters. The van der Waals surface area contributed by atoms with Gasteiger partial charge in [-0.15, -0.1) is 0 Å². The van der Waals surface area contributed by atoms with Crippen LogP contribution in [0.3, 0.4) is 0 Å². The number of carboxylic acids is 1. The van der Waals surface area contributed by atoms with Crippen LogP contribution in [0.15, 0.2) is 24.3 Å². The van der Waals surface area contributed by atoms with E-state index < -0.39 is 11.4 Å². The second-order valence-corrected chi connectivity index (χ2v) is 7.66. The Bertz CT molecular complexity index is 378. The largest absolute Gasteiger partial charge is 0.481 e. The SMILES string of the molecule is CC(CO)(CO)CO.CCCCCC=CCC=CCCCCCCCC(=O)O. The molecule has 0 heterocycles. The van der Waals surface area contributed by atoms with E-state index in [4.69, 9.17) is 20.4 Å². The Morgan fingerprint density at radius 3 is 1.64 bits per heavy atom. The molecule has 0 aliphatic heterocycles. The molecule has 166 valence electrons. The number of rotatable bonds is 17. The highest BCUT2D eigenvalue weighted by atomic mass is 16.4. The van der Waals surface area contributed by atoms with Gasteiger partial charge in [0.15, 0.2) is 0 Å². The van der Waals surface area contributed by atoms with Gasteiger partial charge in [0, 0.05) is 11.8 Å². The van der Waals surface area contributed by atoms with Crippen LogP contribution in [-0.2, 0) is 4.79 Å². The van der Waals surface area contributed by atoms with Crippen LogP contribution in [0.25, 0.3) is 0 Å². The fourth-order valence-corrected chi connectivity index (χ4v) is 2.24. The number of aliphatic carboxylic acids is 1. The van der Waals surface area contributed by atoms with Gasteiger partial charge in [0.1, 0.15) is 0 Å². The number of aliphatic hydroxyl groups excluding tert-OH is 3. The van der Waals surface area contributed by atoms with Gasteiger partial charge in [-0.3, -0.25) is 4.79 Å². The van der Waals surface area contributed by atoms with Crippen LogP contribution >= 0.6 is 0 Å². The van der Waals surface area contributed by atoms with Crippen molar-refractivity contribution in [3.63, 3.8) is 0 Å². The maximum absolute atomic E-state index is 10.3. The van der Waals surface area contributed by atoms with Gasteiger partial charge in [-0.1, -0.05) is 70.3 Å². The summed E-state index contributed by atoms with van der Waals surface area (Å²) in [6.45, 7) is 3.30. The van der Waals surface area contributed by atoms with Crippen LogP contribution in [0.2, 0.25) is 0 Å². The minimum absolute atomic E-state index is 0.181. The Morgan fingerprint density at radius 1 is 0.750 bits per heavy atom. The number of hydrogen-bond donors (Lipinski definition) is 4. The number of carboxylic acid groups (broad SMARTS) is 1. The Kier molecular flexibility index (Phi) is 22.9. The molecule has 0 spiro atoms. The summed E-state index contributed by atoms with van der Waals surface area (Å²) in [6, 6.07) is 0. The molecule has 0 radical (unpaired) electrons. The van der Waals surface area contributed by atoms with Gasteiger partial charge in [-0.2, -0.15) is 0 Å². The molecule has 0 amide bonds. The van der Waals surface area contributed by atoms with E-state index in [9.17, 15) is 4.79 Å². The molecule has 0 bridgehead atoms. The summed E-state index contributed by atoms with van der Waals surface area (Å²) < 4.78 is 0. The maximum Gasteiger partial charge on any atom is 0.303 e. The van der Waals surface area contributed by atoms with Crippen molar-refractivity contribution in [3.8, 4) is 0 Å². The average Bonchev–Trinajstić information content (AvgIpc) is 2.70. The zero-order valence-corrected chi connectivity index (χ0v) is 18.1. The van der Waals surface area contributed by atoms with Crippen LogP contribution in [0, 0.1) is 5.41 Å². The molecular formula is C23H44O5. The molecule has 4 N–H and O–H groups in total. The molecule has 0 saturated carbocycles. The number of hydrogen-bond acceptors (Lipinski definition) is 4. The number of aliphatic hydroxyl groups is 3. The summed E-state index contributed by atoms with van der Waals surface area (Å²) in [5.41, 5.74) is -0.708. The van der Waals surface area contributed by atoms with E-state index in [2.05, 4.69) is 31.2 Å². The second-order valence-electron chi connectivity index (χ2n) is 7.66. The van der Waals surface area contributed by atoms with Gasteiger partial charge >= 0.3 is 5.97 Å². The summed E-state index contributed by atoms with van der Waals surface area (Å²) in [5.74, 6) is -0.671. The number of carbonyl (C=O) groups is 1. The Labute approximate surface area is 172 Å².